The van der Waals surface area contributed by atoms with Crippen molar-refractivity contribution in [2.45, 2.75) is 31.8 Å². The number of hydrogen-bond acceptors (Lipinski definition) is 3. The largest absolute Gasteiger partial charge is 0.393 e. The molecule has 0 aromatic carbocycles. The van der Waals surface area contributed by atoms with Gasteiger partial charge in [0.2, 0.25) is 11.8 Å². The number of imide groups is 1. The lowest BCUT2D eigenvalue weighted by Crippen LogP contribution is -2.38. The van der Waals surface area contributed by atoms with E-state index in [9.17, 15) is 14.7 Å². The van der Waals surface area contributed by atoms with E-state index in [1.807, 2.05) is 0 Å². The summed E-state index contributed by atoms with van der Waals surface area (Å²) in [7, 11) is 0. The van der Waals surface area contributed by atoms with Crippen molar-refractivity contribution in [3.63, 3.8) is 0 Å². The quantitative estimate of drug-likeness (QED) is 0.595. The average Bonchev–Trinajstić information content (AvgIpc) is 3.12. The van der Waals surface area contributed by atoms with Gasteiger partial charge in [-0.25, -0.2) is 0 Å². The van der Waals surface area contributed by atoms with E-state index < -0.39 is 0 Å². The van der Waals surface area contributed by atoms with Crippen LogP contribution in [0.3, 0.4) is 0 Å². The highest BCUT2D eigenvalue weighted by atomic mass is 16.3. The molecule has 0 aromatic rings. The van der Waals surface area contributed by atoms with Gasteiger partial charge in [-0.3, -0.25) is 14.5 Å². The Morgan fingerprint density at radius 2 is 1.74 bits per heavy atom. The molecule has 1 N–H and O–H groups in total. The molecule has 19 heavy (non-hydrogen) atoms. The summed E-state index contributed by atoms with van der Waals surface area (Å²) in [6.45, 7) is 0.436. The number of hydrogen-bond donors (Lipinski definition) is 1. The van der Waals surface area contributed by atoms with Crippen LogP contribution in [-0.4, -0.2) is 34.5 Å². The van der Waals surface area contributed by atoms with E-state index in [1.54, 1.807) is 0 Å². The number of rotatable bonds is 2. The Kier molecular flexibility index (Phi) is 2.40. The van der Waals surface area contributed by atoms with Gasteiger partial charge in [0.05, 0.1) is 17.9 Å². The van der Waals surface area contributed by atoms with Gasteiger partial charge in [0.1, 0.15) is 0 Å². The zero-order chi connectivity index (χ0) is 13.1. The SMILES string of the molecule is O=C1C2C3C=CC(C3)C2C(=O)N1CC1CCCC1O. The number of aliphatic hydroxyl groups excluding tert-OH is 1. The second kappa shape index (κ2) is 3.92. The number of carbonyl (C=O) groups is 2. The van der Waals surface area contributed by atoms with Crippen LogP contribution in [0.25, 0.3) is 0 Å². The second-order valence-electron chi connectivity index (χ2n) is 6.55. The van der Waals surface area contributed by atoms with Crippen molar-refractivity contribution in [3.8, 4) is 0 Å². The van der Waals surface area contributed by atoms with Gasteiger partial charge in [-0.2, -0.15) is 0 Å². The van der Waals surface area contributed by atoms with E-state index in [1.165, 1.54) is 4.90 Å². The molecule has 2 saturated carbocycles. The maximum Gasteiger partial charge on any atom is 0.233 e. The van der Waals surface area contributed by atoms with E-state index >= 15 is 0 Å². The summed E-state index contributed by atoms with van der Waals surface area (Å²) in [5, 5.41) is 9.88. The maximum absolute atomic E-state index is 12.5. The molecule has 102 valence electrons. The molecule has 0 spiro atoms. The van der Waals surface area contributed by atoms with Crippen molar-refractivity contribution in [3.05, 3.63) is 12.2 Å². The highest BCUT2D eigenvalue weighted by molar-refractivity contribution is 6.06. The Hall–Kier alpha value is -1.16. The predicted octanol–water partition coefficient (Wildman–Crippen LogP) is 0.955. The molecule has 6 atom stereocenters. The lowest BCUT2D eigenvalue weighted by Gasteiger charge is -2.23. The molecule has 1 aliphatic heterocycles. The first-order chi connectivity index (χ1) is 9.16. The third-order valence-corrected chi connectivity index (χ3v) is 5.60. The Morgan fingerprint density at radius 3 is 2.26 bits per heavy atom. The number of likely N-dealkylation sites (tertiary alicyclic amines) is 1. The molecule has 3 aliphatic carbocycles. The van der Waals surface area contributed by atoms with Gasteiger partial charge in [-0.1, -0.05) is 18.6 Å². The van der Waals surface area contributed by atoms with E-state index in [2.05, 4.69) is 12.2 Å². The van der Waals surface area contributed by atoms with Gasteiger partial charge in [-0.05, 0) is 31.1 Å². The molecule has 6 unspecified atom stereocenters. The van der Waals surface area contributed by atoms with Crippen LogP contribution < -0.4 is 0 Å². The first-order valence-corrected chi connectivity index (χ1v) is 7.38. The molecule has 1 heterocycles. The fourth-order valence-electron chi connectivity index (χ4n) is 4.61. The molecule has 1 saturated heterocycles. The lowest BCUT2D eigenvalue weighted by atomic mass is 9.85. The van der Waals surface area contributed by atoms with E-state index in [0.29, 0.717) is 6.54 Å². The monoisotopic (exact) mass is 261 g/mol. The minimum absolute atomic E-state index is 0.0194. The van der Waals surface area contributed by atoms with Crippen LogP contribution >= 0.6 is 0 Å². The normalized spacial score (nSPS) is 47.5. The van der Waals surface area contributed by atoms with Crippen molar-refractivity contribution >= 4 is 11.8 Å². The highest BCUT2D eigenvalue weighted by Gasteiger charge is 2.59. The summed E-state index contributed by atoms with van der Waals surface area (Å²) in [4.78, 5) is 26.4. The summed E-state index contributed by atoms with van der Waals surface area (Å²) >= 11 is 0. The third kappa shape index (κ3) is 1.49. The molecule has 3 fully saturated rings. The molecule has 4 rings (SSSR count). The molecule has 2 bridgehead atoms. The standard InChI is InChI=1S/C15H19NO3/c17-11-3-1-2-10(11)7-16-14(18)12-8-4-5-9(6-8)13(12)15(16)19/h4-5,8-13,17H,1-3,6-7H2. The lowest BCUT2D eigenvalue weighted by molar-refractivity contribution is -0.141. The minimum Gasteiger partial charge on any atom is -0.393 e. The van der Waals surface area contributed by atoms with E-state index in [0.717, 1.165) is 25.7 Å². The Morgan fingerprint density at radius 1 is 1.11 bits per heavy atom. The fourth-order valence-corrected chi connectivity index (χ4v) is 4.61. The summed E-state index contributed by atoms with van der Waals surface area (Å²) in [5.74, 6) is 0.506. The van der Waals surface area contributed by atoms with Crippen molar-refractivity contribution in [1.82, 2.24) is 4.90 Å². The Balaban J connectivity index is 1.55. The van der Waals surface area contributed by atoms with E-state index in [-0.39, 0.29) is 47.5 Å². The minimum atomic E-state index is -0.337. The van der Waals surface area contributed by atoms with Crippen molar-refractivity contribution in [1.29, 1.82) is 0 Å². The summed E-state index contributed by atoms with van der Waals surface area (Å²) in [6, 6.07) is 0. The first kappa shape index (κ1) is 11.6. The van der Waals surface area contributed by atoms with Gasteiger partial charge in [0.15, 0.2) is 0 Å². The van der Waals surface area contributed by atoms with Gasteiger partial charge < -0.3 is 5.11 Å². The second-order valence-corrected chi connectivity index (χ2v) is 6.55. The summed E-state index contributed by atoms with van der Waals surface area (Å²) in [6.07, 6.45) is 7.61. The van der Waals surface area contributed by atoms with Crippen LogP contribution in [0.4, 0.5) is 0 Å². The Bertz CT molecular complexity index is 442. The fraction of sp³-hybridized carbons (Fsp3) is 0.733. The number of nitrogens with zero attached hydrogens (tertiary/aromatic N) is 1. The molecular formula is C15H19NO3. The van der Waals surface area contributed by atoms with Crippen LogP contribution in [0.15, 0.2) is 12.2 Å². The van der Waals surface area contributed by atoms with Gasteiger partial charge >= 0.3 is 0 Å². The zero-order valence-corrected chi connectivity index (χ0v) is 10.9. The number of carbonyl (C=O) groups excluding carboxylic acids is 2. The van der Waals surface area contributed by atoms with Gasteiger partial charge in [0, 0.05) is 12.5 Å². The molecule has 4 aliphatic rings. The molecule has 4 nitrogen and oxygen atoms in total. The average molecular weight is 261 g/mol. The topological polar surface area (TPSA) is 57.6 Å². The van der Waals surface area contributed by atoms with Crippen LogP contribution in [0.1, 0.15) is 25.7 Å². The molecule has 4 heteroatoms. The number of aliphatic hydroxyl groups is 1. The summed E-state index contributed by atoms with van der Waals surface area (Å²) < 4.78 is 0. The molecule has 0 aromatic heterocycles. The first-order valence-electron chi connectivity index (χ1n) is 7.38. The smallest absolute Gasteiger partial charge is 0.233 e. The number of fused-ring (bicyclic) bond motifs is 5. The van der Waals surface area contributed by atoms with Crippen LogP contribution in [0.2, 0.25) is 0 Å². The van der Waals surface area contributed by atoms with E-state index in [4.69, 9.17) is 0 Å². The van der Waals surface area contributed by atoms with Gasteiger partial charge in [-0.15, -0.1) is 0 Å². The van der Waals surface area contributed by atoms with Crippen molar-refractivity contribution < 1.29 is 14.7 Å². The van der Waals surface area contributed by atoms with Crippen LogP contribution in [0.5, 0.6) is 0 Å². The highest BCUT2D eigenvalue weighted by Crippen LogP contribution is 2.52. The van der Waals surface area contributed by atoms with Crippen LogP contribution in [0, 0.1) is 29.6 Å². The third-order valence-electron chi connectivity index (χ3n) is 5.60. The van der Waals surface area contributed by atoms with Crippen molar-refractivity contribution in [2.24, 2.45) is 29.6 Å². The Labute approximate surface area is 112 Å². The molecule has 2 amide bonds. The van der Waals surface area contributed by atoms with Crippen LogP contribution in [-0.2, 0) is 9.59 Å². The molecular weight excluding hydrogens is 242 g/mol. The predicted molar refractivity (Wildman–Crippen MR) is 67.8 cm³/mol. The maximum atomic E-state index is 12.5. The molecule has 0 radical (unpaired) electrons. The zero-order valence-electron chi connectivity index (χ0n) is 10.9. The number of allylic oxidation sites excluding steroid dienone is 2. The van der Waals surface area contributed by atoms with Crippen molar-refractivity contribution in [2.75, 3.05) is 6.54 Å². The summed E-state index contributed by atoms with van der Waals surface area (Å²) in [5.41, 5.74) is 0. The number of amides is 2. The van der Waals surface area contributed by atoms with Gasteiger partial charge in [0.25, 0.3) is 0 Å².